The summed E-state index contributed by atoms with van der Waals surface area (Å²) in [6.45, 7) is 2.49. The number of carbonyl (C=O) groups excluding carboxylic acids is 1. The maximum absolute atomic E-state index is 13.4. The monoisotopic (exact) mass is 457 g/mol. The number of rotatable bonds is 6. The fourth-order valence-electron chi connectivity index (χ4n) is 3.10. The Balaban J connectivity index is 1.43. The molecule has 6 nitrogen and oxygen atoms in total. The number of aromatic nitrogens is 3. The fourth-order valence-corrected chi connectivity index (χ4v) is 4.01. The summed E-state index contributed by atoms with van der Waals surface area (Å²) in [4.78, 5) is 27.8. The van der Waals surface area contributed by atoms with Crippen LogP contribution in [0.25, 0.3) is 21.5 Å². The van der Waals surface area contributed by atoms with Gasteiger partial charge in [-0.2, -0.15) is 0 Å². The summed E-state index contributed by atoms with van der Waals surface area (Å²) in [6, 6.07) is 7.90. The number of thiazole rings is 1. The van der Waals surface area contributed by atoms with Crippen LogP contribution in [-0.2, 0) is 0 Å². The SMILES string of the molecule is Cc1nc(C(=O)N(C)CCNc2cnc3cc(F)c(F)cc3n2)c(-c2ccc(F)cc2)s1. The number of nitrogens with one attached hydrogen (secondary N) is 1. The van der Waals surface area contributed by atoms with Crippen LogP contribution in [0.5, 0.6) is 0 Å². The molecule has 164 valence electrons. The Morgan fingerprint density at radius 2 is 1.75 bits per heavy atom. The third-order valence-electron chi connectivity index (χ3n) is 4.73. The zero-order valence-electron chi connectivity index (χ0n) is 17.2. The molecular weight excluding hydrogens is 439 g/mol. The second-order valence-corrected chi connectivity index (χ2v) is 8.28. The van der Waals surface area contributed by atoms with Crippen molar-refractivity contribution in [3.63, 3.8) is 0 Å². The smallest absolute Gasteiger partial charge is 0.273 e. The van der Waals surface area contributed by atoms with Gasteiger partial charge in [0, 0.05) is 32.3 Å². The number of hydrogen-bond donors (Lipinski definition) is 1. The van der Waals surface area contributed by atoms with Crippen molar-refractivity contribution in [2.75, 3.05) is 25.5 Å². The first-order valence-electron chi connectivity index (χ1n) is 9.66. The van der Waals surface area contributed by atoms with Crippen LogP contribution in [0.3, 0.4) is 0 Å². The van der Waals surface area contributed by atoms with Gasteiger partial charge in [0.15, 0.2) is 11.6 Å². The maximum Gasteiger partial charge on any atom is 0.273 e. The molecule has 2 heterocycles. The van der Waals surface area contributed by atoms with Crippen molar-refractivity contribution >= 4 is 34.1 Å². The molecule has 2 aromatic carbocycles. The quantitative estimate of drug-likeness (QED) is 0.456. The van der Waals surface area contributed by atoms with Crippen LogP contribution in [0.1, 0.15) is 15.5 Å². The fraction of sp³-hybridized carbons (Fsp3) is 0.182. The van der Waals surface area contributed by atoms with E-state index in [0.29, 0.717) is 29.5 Å². The Morgan fingerprint density at radius 1 is 1.06 bits per heavy atom. The van der Waals surface area contributed by atoms with Crippen LogP contribution in [0.2, 0.25) is 0 Å². The molecule has 2 aromatic heterocycles. The highest BCUT2D eigenvalue weighted by molar-refractivity contribution is 7.15. The van der Waals surface area contributed by atoms with E-state index >= 15 is 0 Å². The maximum atomic E-state index is 13.4. The molecule has 0 aliphatic rings. The number of fused-ring (bicyclic) bond motifs is 1. The van der Waals surface area contributed by atoms with Crippen molar-refractivity contribution < 1.29 is 18.0 Å². The lowest BCUT2D eigenvalue weighted by molar-refractivity contribution is 0.0796. The van der Waals surface area contributed by atoms with Gasteiger partial charge in [0.05, 0.1) is 27.1 Å². The molecule has 4 rings (SSSR count). The lowest BCUT2D eigenvalue weighted by Crippen LogP contribution is -2.32. The molecule has 1 amide bonds. The predicted molar refractivity (Wildman–Crippen MR) is 117 cm³/mol. The Labute approximate surface area is 185 Å². The Kier molecular flexibility index (Phi) is 6.04. The molecule has 0 fully saturated rings. The van der Waals surface area contributed by atoms with Crippen molar-refractivity contribution in [2.24, 2.45) is 0 Å². The average Bonchev–Trinajstić information content (AvgIpc) is 3.16. The lowest BCUT2D eigenvalue weighted by Gasteiger charge is -2.17. The van der Waals surface area contributed by atoms with Crippen LogP contribution < -0.4 is 5.32 Å². The van der Waals surface area contributed by atoms with Crippen LogP contribution in [-0.4, -0.2) is 45.9 Å². The summed E-state index contributed by atoms with van der Waals surface area (Å²) >= 11 is 1.37. The van der Waals surface area contributed by atoms with E-state index in [1.54, 1.807) is 19.2 Å². The number of halogens is 3. The van der Waals surface area contributed by atoms with E-state index in [1.165, 1.54) is 34.6 Å². The second-order valence-electron chi connectivity index (χ2n) is 7.08. The molecule has 32 heavy (non-hydrogen) atoms. The van der Waals surface area contributed by atoms with Crippen LogP contribution in [0.15, 0.2) is 42.6 Å². The first kappa shape index (κ1) is 21.7. The number of likely N-dealkylation sites (N-methyl/N-ethyl adjacent to an activating group) is 1. The van der Waals surface area contributed by atoms with Crippen molar-refractivity contribution in [3.8, 4) is 10.4 Å². The van der Waals surface area contributed by atoms with E-state index in [4.69, 9.17) is 0 Å². The second kappa shape index (κ2) is 8.91. The Bertz CT molecular complexity index is 1290. The van der Waals surface area contributed by atoms with Gasteiger partial charge in [-0.15, -0.1) is 11.3 Å². The molecule has 0 unspecified atom stereocenters. The van der Waals surface area contributed by atoms with E-state index in [-0.39, 0.29) is 22.8 Å². The highest BCUT2D eigenvalue weighted by atomic mass is 32.1. The predicted octanol–water partition coefficient (Wildman–Crippen LogP) is 4.66. The number of hydrogen-bond acceptors (Lipinski definition) is 6. The summed E-state index contributed by atoms with van der Waals surface area (Å²) in [5.74, 6) is -2.22. The zero-order valence-corrected chi connectivity index (χ0v) is 18.0. The number of amides is 1. The average molecular weight is 457 g/mol. The molecule has 0 atom stereocenters. The van der Waals surface area contributed by atoms with E-state index in [2.05, 4.69) is 20.3 Å². The molecule has 0 spiro atoms. The third kappa shape index (κ3) is 4.54. The Hall–Kier alpha value is -3.53. The van der Waals surface area contributed by atoms with Crippen molar-refractivity contribution in [1.82, 2.24) is 19.9 Å². The topological polar surface area (TPSA) is 71.0 Å². The molecule has 0 bridgehead atoms. The molecule has 1 N–H and O–H groups in total. The molecular formula is C22H18F3N5OS. The molecule has 0 saturated carbocycles. The lowest BCUT2D eigenvalue weighted by atomic mass is 10.1. The third-order valence-corrected chi connectivity index (χ3v) is 5.75. The number of carbonyl (C=O) groups is 1. The molecule has 10 heteroatoms. The summed E-state index contributed by atoms with van der Waals surface area (Å²) in [5, 5.41) is 3.75. The summed E-state index contributed by atoms with van der Waals surface area (Å²) in [6.07, 6.45) is 1.41. The summed E-state index contributed by atoms with van der Waals surface area (Å²) < 4.78 is 40.0. The van der Waals surface area contributed by atoms with E-state index in [0.717, 1.165) is 22.7 Å². The first-order chi connectivity index (χ1) is 15.3. The van der Waals surface area contributed by atoms with Crippen LogP contribution in [0.4, 0.5) is 19.0 Å². The molecule has 4 aromatic rings. The standard InChI is InChI=1S/C22H18F3N5OS/c1-12-28-20(21(32-12)13-3-5-14(23)6-4-13)22(31)30(2)8-7-26-19-11-27-17-9-15(24)16(25)10-18(17)29-19/h3-6,9-11H,7-8H2,1-2H3,(H,26,29). The van der Waals surface area contributed by atoms with Gasteiger partial charge in [-0.05, 0) is 24.6 Å². The van der Waals surface area contributed by atoms with Crippen LogP contribution >= 0.6 is 11.3 Å². The highest BCUT2D eigenvalue weighted by Gasteiger charge is 2.21. The van der Waals surface area contributed by atoms with Gasteiger partial charge in [0.1, 0.15) is 17.3 Å². The molecule has 0 aliphatic heterocycles. The molecule has 0 aliphatic carbocycles. The molecule has 0 radical (unpaired) electrons. The van der Waals surface area contributed by atoms with Gasteiger partial charge in [0.25, 0.3) is 5.91 Å². The van der Waals surface area contributed by atoms with Gasteiger partial charge in [0.2, 0.25) is 0 Å². The number of nitrogens with zero attached hydrogens (tertiary/aromatic N) is 4. The minimum Gasteiger partial charge on any atom is -0.367 e. The number of aryl methyl sites for hydroxylation is 1. The van der Waals surface area contributed by atoms with E-state index < -0.39 is 11.6 Å². The van der Waals surface area contributed by atoms with Crippen molar-refractivity contribution in [1.29, 1.82) is 0 Å². The van der Waals surface area contributed by atoms with Crippen LogP contribution in [0, 0.1) is 24.4 Å². The summed E-state index contributed by atoms with van der Waals surface area (Å²) in [5.41, 5.74) is 1.50. The number of benzene rings is 2. The van der Waals surface area contributed by atoms with E-state index in [9.17, 15) is 18.0 Å². The normalized spacial score (nSPS) is 11.0. The minimum atomic E-state index is -0.996. The van der Waals surface area contributed by atoms with Gasteiger partial charge in [-0.1, -0.05) is 12.1 Å². The Morgan fingerprint density at radius 3 is 2.47 bits per heavy atom. The van der Waals surface area contributed by atoms with Gasteiger partial charge >= 0.3 is 0 Å². The summed E-state index contributed by atoms with van der Waals surface area (Å²) in [7, 11) is 1.65. The first-order valence-corrected chi connectivity index (χ1v) is 10.5. The highest BCUT2D eigenvalue weighted by Crippen LogP contribution is 2.31. The minimum absolute atomic E-state index is 0.222. The van der Waals surface area contributed by atoms with Gasteiger partial charge < -0.3 is 10.2 Å². The van der Waals surface area contributed by atoms with Crippen molar-refractivity contribution in [2.45, 2.75) is 6.92 Å². The van der Waals surface area contributed by atoms with Gasteiger partial charge in [-0.3, -0.25) is 9.78 Å². The van der Waals surface area contributed by atoms with Gasteiger partial charge in [-0.25, -0.2) is 23.1 Å². The largest absolute Gasteiger partial charge is 0.367 e. The van der Waals surface area contributed by atoms with Crippen molar-refractivity contribution in [3.05, 3.63) is 70.7 Å². The number of anilines is 1. The zero-order chi connectivity index (χ0) is 22.8. The van der Waals surface area contributed by atoms with E-state index in [1.807, 2.05) is 6.92 Å². The molecule has 0 saturated heterocycles.